The van der Waals surface area contributed by atoms with Crippen molar-refractivity contribution in [2.45, 2.75) is 145 Å². The van der Waals surface area contributed by atoms with Crippen LogP contribution in [0.2, 0.25) is 0 Å². The molecule has 2 saturated carbocycles. The first-order valence-electron chi connectivity index (χ1n) is 24.4. The van der Waals surface area contributed by atoms with E-state index in [2.05, 4.69) is 46.7 Å². The van der Waals surface area contributed by atoms with Crippen LogP contribution >= 0.6 is 0 Å². The van der Waals surface area contributed by atoms with Crippen LogP contribution in [0.4, 0.5) is 0 Å². The van der Waals surface area contributed by atoms with E-state index < -0.39 is 36.4 Å². The van der Waals surface area contributed by atoms with Gasteiger partial charge in [0, 0.05) is 67.6 Å². The molecule has 0 amide bonds. The molecule has 4 fully saturated rings. The number of aromatic nitrogens is 1. The predicted molar refractivity (Wildman–Crippen MR) is 249 cm³/mol. The molecule has 0 bridgehead atoms. The van der Waals surface area contributed by atoms with Gasteiger partial charge in [-0.05, 0) is 147 Å². The Kier molecular flexibility index (Phi) is 14.3. The van der Waals surface area contributed by atoms with Crippen molar-refractivity contribution in [3.8, 4) is 23.0 Å². The summed E-state index contributed by atoms with van der Waals surface area (Å²) in [6, 6.07) is 19.3. The number of rotatable bonds is 15. The third-order valence-electron chi connectivity index (χ3n) is 16.2. The van der Waals surface area contributed by atoms with Gasteiger partial charge in [0.2, 0.25) is 5.75 Å². The van der Waals surface area contributed by atoms with Crippen LogP contribution in [-0.2, 0) is 28.9 Å². The lowest BCUT2D eigenvalue weighted by atomic mass is 9.57. The Morgan fingerprint density at radius 3 is 2.52 bits per heavy atom. The third kappa shape index (κ3) is 9.47. The molecule has 12 atom stereocenters. The molecule has 2 saturated heterocycles. The Labute approximate surface area is 383 Å². The second-order valence-corrected chi connectivity index (χ2v) is 19.7. The van der Waals surface area contributed by atoms with Crippen molar-refractivity contribution in [1.82, 2.24) is 10.3 Å². The van der Waals surface area contributed by atoms with Crippen molar-refractivity contribution in [2.75, 3.05) is 20.3 Å². The molecular weight excluding hydrogens is 821 g/mol. The molecule has 12 unspecified atom stereocenters. The summed E-state index contributed by atoms with van der Waals surface area (Å²) in [6.07, 6.45) is 14.5. The van der Waals surface area contributed by atoms with Gasteiger partial charge in [0.25, 0.3) is 0 Å². The largest absolute Gasteiger partial charge is 0.508 e. The summed E-state index contributed by atoms with van der Waals surface area (Å²) in [5, 5.41) is 72.7. The van der Waals surface area contributed by atoms with Gasteiger partial charge in [-0.2, -0.15) is 0 Å². The van der Waals surface area contributed by atoms with Crippen LogP contribution in [0, 0.1) is 23.7 Å². The van der Waals surface area contributed by atoms with Crippen molar-refractivity contribution in [1.29, 1.82) is 0 Å². The van der Waals surface area contributed by atoms with Crippen LogP contribution in [0.25, 0.3) is 0 Å². The maximum absolute atomic E-state index is 12.2. The minimum absolute atomic E-state index is 0.0155. The Morgan fingerprint density at radius 2 is 1.75 bits per heavy atom. The normalized spacial score (nSPS) is 30.4. The number of piperidine rings is 1. The lowest BCUT2D eigenvalue weighted by molar-refractivity contribution is -0.154. The summed E-state index contributed by atoms with van der Waals surface area (Å²) < 4.78 is 18.4. The van der Waals surface area contributed by atoms with Gasteiger partial charge < -0.3 is 55.2 Å². The van der Waals surface area contributed by atoms with Gasteiger partial charge in [0.05, 0.1) is 38.1 Å². The summed E-state index contributed by atoms with van der Waals surface area (Å²) in [6.45, 7) is 3.03. The van der Waals surface area contributed by atoms with E-state index in [4.69, 9.17) is 14.2 Å². The Morgan fingerprint density at radius 1 is 0.908 bits per heavy atom. The number of fused-ring (bicyclic) bond motifs is 3. The molecule has 0 radical (unpaired) electrons. The fourth-order valence-electron chi connectivity index (χ4n) is 12.9. The third-order valence-corrected chi connectivity index (χ3v) is 16.2. The molecule has 0 spiro atoms. The molecule has 3 aromatic carbocycles. The van der Waals surface area contributed by atoms with Crippen molar-refractivity contribution in [3.63, 3.8) is 0 Å². The van der Waals surface area contributed by atoms with Gasteiger partial charge in [0.1, 0.15) is 5.75 Å². The van der Waals surface area contributed by atoms with E-state index in [0.29, 0.717) is 48.4 Å². The zero-order chi connectivity index (χ0) is 45.2. The van der Waals surface area contributed by atoms with Crippen LogP contribution in [0.15, 0.2) is 78.6 Å². The highest BCUT2D eigenvalue weighted by Crippen LogP contribution is 2.56. The molecule has 65 heavy (non-hydrogen) atoms. The van der Waals surface area contributed by atoms with Crippen molar-refractivity contribution in [3.05, 3.63) is 118 Å². The second-order valence-electron chi connectivity index (χ2n) is 19.7. The number of ether oxygens (including phenoxy) is 3. The number of allylic oxidation sites excluding steroid dienone is 1. The highest BCUT2D eigenvalue weighted by Gasteiger charge is 2.48. The zero-order valence-electron chi connectivity index (χ0n) is 38.1. The Hall–Kier alpha value is -4.36. The van der Waals surface area contributed by atoms with Crippen molar-refractivity contribution >= 4 is 0 Å². The summed E-state index contributed by atoms with van der Waals surface area (Å²) >= 11 is 0. The number of phenols is 3. The summed E-state index contributed by atoms with van der Waals surface area (Å²) in [5.41, 5.74) is 6.96. The number of hydrogen-bond donors (Lipinski definition) is 8. The SMILES string of the molecule is CCOCCC1CCC2=CC3C(CCC(C(O)CCc4ccccc4)C3c3cc(C4CCC5C(O)CC(c6c(CO)c(O)c(O)c(OC)c6Cc6cc[nH]c6)OC5C4)ccc3O)CC2N1. The van der Waals surface area contributed by atoms with E-state index in [-0.39, 0.29) is 59.2 Å². The molecule has 11 heteroatoms. The maximum atomic E-state index is 12.2. The van der Waals surface area contributed by atoms with E-state index in [1.807, 2.05) is 43.6 Å². The van der Waals surface area contributed by atoms with Crippen LogP contribution in [0.3, 0.4) is 0 Å². The number of aromatic amines is 1. The molecule has 1 aromatic heterocycles. The smallest absolute Gasteiger partial charge is 0.201 e. The molecule has 4 aromatic rings. The molecule has 350 valence electrons. The molecule has 3 aliphatic carbocycles. The number of aryl methyl sites for hydroxylation is 1. The topological polar surface area (TPSA) is 177 Å². The molecular formula is C54H70N2O9. The number of nitrogens with one attached hydrogen (secondary N) is 2. The number of phenolic OH excluding ortho intramolecular Hbond substituents is 2. The summed E-state index contributed by atoms with van der Waals surface area (Å²) in [7, 11) is 1.44. The van der Waals surface area contributed by atoms with Gasteiger partial charge in [-0.15, -0.1) is 0 Å². The second kappa shape index (κ2) is 20.2. The van der Waals surface area contributed by atoms with E-state index in [1.165, 1.54) is 18.2 Å². The van der Waals surface area contributed by atoms with E-state index in [1.54, 1.807) is 0 Å². The maximum Gasteiger partial charge on any atom is 0.201 e. The van der Waals surface area contributed by atoms with Gasteiger partial charge in [-0.25, -0.2) is 0 Å². The van der Waals surface area contributed by atoms with Gasteiger partial charge in [-0.1, -0.05) is 54.1 Å². The number of methoxy groups -OCH3 is 1. The highest BCUT2D eigenvalue weighted by atomic mass is 16.5. The van der Waals surface area contributed by atoms with Crippen LogP contribution in [0.5, 0.6) is 23.0 Å². The molecule has 8 N–H and O–H groups in total. The first kappa shape index (κ1) is 45.8. The zero-order valence-corrected chi connectivity index (χ0v) is 38.1. The monoisotopic (exact) mass is 891 g/mol. The first-order valence-corrected chi connectivity index (χ1v) is 24.4. The molecule has 3 heterocycles. The first-order chi connectivity index (χ1) is 31.6. The number of aliphatic hydroxyl groups is 3. The molecule has 11 nitrogen and oxygen atoms in total. The van der Waals surface area contributed by atoms with Crippen LogP contribution < -0.4 is 10.1 Å². The van der Waals surface area contributed by atoms with Crippen molar-refractivity contribution in [2.24, 2.45) is 23.7 Å². The minimum Gasteiger partial charge on any atom is -0.508 e. The van der Waals surface area contributed by atoms with Crippen LogP contribution in [0.1, 0.15) is 134 Å². The standard InChI is InChI=1S/C54H70N2O9/c1-3-64-22-20-37-14-10-36-25-40-35(26-44(36)56-37)12-16-39(45(58)17-9-31-7-5-4-6-8-31)50(40)41-24-33(13-18-46(41)59)34-11-15-38-47(60)28-49(65-48(38)27-34)51-42(23-32-19-21-55-29-32)54(63-2)53(62)52(61)43(51)30-57/h4-8,13,18-19,21,24-25,29,34-35,37-40,44-45,47-50,55-62H,3,9-12,14-17,20,22-23,26-28,30H2,1-2H3. The van der Waals surface area contributed by atoms with Gasteiger partial charge in [-0.3, -0.25) is 0 Å². The fraction of sp³-hybridized carbons (Fsp3) is 0.556. The summed E-state index contributed by atoms with van der Waals surface area (Å²) in [5.74, 6) is 0.0767. The molecule has 9 rings (SSSR count). The van der Waals surface area contributed by atoms with Crippen molar-refractivity contribution < 1.29 is 44.8 Å². The lowest BCUT2D eigenvalue weighted by Gasteiger charge is -2.50. The Bertz CT molecular complexity index is 2250. The highest BCUT2D eigenvalue weighted by molar-refractivity contribution is 5.64. The van der Waals surface area contributed by atoms with Crippen LogP contribution in [-0.4, -0.2) is 86.3 Å². The lowest BCUT2D eigenvalue weighted by Crippen LogP contribution is -2.50. The number of H-pyrrole nitrogens is 1. The molecule has 5 aliphatic rings. The molecule has 2 aliphatic heterocycles. The Balaban J connectivity index is 1.01. The fourth-order valence-corrected chi connectivity index (χ4v) is 12.9. The van der Waals surface area contributed by atoms with E-state index in [0.717, 1.165) is 87.7 Å². The average molecular weight is 891 g/mol. The minimum atomic E-state index is -0.682. The van der Waals surface area contributed by atoms with E-state index >= 15 is 0 Å². The predicted octanol–water partition coefficient (Wildman–Crippen LogP) is 8.60. The average Bonchev–Trinajstić information content (AvgIpc) is 3.84. The number of aromatic hydroxyl groups is 3. The number of benzene rings is 3. The number of aliphatic hydroxyl groups excluding tert-OH is 3. The number of hydrogen-bond acceptors (Lipinski definition) is 10. The summed E-state index contributed by atoms with van der Waals surface area (Å²) in [4.78, 5) is 3.08. The van der Waals surface area contributed by atoms with Gasteiger partial charge >= 0.3 is 0 Å². The van der Waals surface area contributed by atoms with E-state index in [9.17, 15) is 30.6 Å². The van der Waals surface area contributed by atoms with Gasteiger partial charge in [0.15, 0.2) is 11.5 Å². The quantitative estimate of drug-likeness (QED) is 0.0328.